The number of rotatable bonds is 9. The highest BCUT2D eigenvalue weighted by molar-refractivity contribution is 6.67. The number of halogens is 3. The number of carbonyl (C=O) groups excluding carboxylic acids is 4. The van der Waals surface area contributed by atoms with Gasteiger partial charge >= 0.3 is 23.9 Å². The lowest BCUT2D eigenvalue weighted by Crippen LogP contribution is -2.74. The van der Waals surface area contributed by atoms with Crippen molar-refractivity contribution >= 4 is 58.7 Å². The van der Waals surface area contributed by atoms with Gasteiger partial charge in [-0.2, -0.15) is 4.79 Å². The highest BCUT2D eigenvalue weighted by Gasteiger charge is 2.60. The first kappa shape index (κ1) is 33.3. The number of esters is 2. The third-order valence-corrected chi connectivity index (χ3v) is 6.36. The van der Waals surface area contributed by atoms with Crippen LogP contribution in [0.5, 0.6) is 0 Å². The van der Waals surface area contributed by atoms with Gasteiger partial charge in [0.2, 0.25) is 9.83 Å². The van der Waals surface area contributed by atoms with E-state index in [0.717, 1.165) is 5.56 Å². The minimum absolute atomic E-state index is 0.00468. The first-order chi connectivity index (χ1) is 18.0. The molecule has 1 fully saturated rings. The van der Waals surface area contributed by atoms with E-state index in [9.17, 15) is 19.2 Å². The summed E-state index contributed by atoms with van der Waals surface area (Å²) in [5, 5.41) is 3.09. The van der Waals surface area contributed by atoms with Gasteiger partial charge in [-0.3, -0.25) is 4.79 Å². The Morgan fingerprint density at radius 3 is 2.26 bits per heavy atom. The van der Waals surface area contributed by atoms with E-state index >= 15 is 0 Å². The van der Waals surface area contributed by atoms with Crippen molar-refractivity contribution in [1.82, 2.24) is 5.32 Å². The molecule has 1 aliphatic rings. The molecule has 12 heteroatoms. The van der Waals surface area contributed by atoms with E-state index in [1.54, 1.807) is 32.9 Å². The SMILES string of the molecule is CC(C)C[C@H](CC(=O)OCC(Cl)(Cl)Cl)C(=O)[N@@+]1(C(=O)OC(C)(C)C)CCNCC1C(=O)OCc1ccccc1. The summed E-state index contributed by atoms with van der Waals surface area (Å²) in [6.07, 6.45) is -0.984. The number of piperazine rings is 1. The molecule has 9 nitrogen and oxygen atoms in total. The van der Waals surface area contributed by atoms with Crippen molar-refractivity contribution in [2.45, 2.75) is 69.5 Å². The summed E-state index contributed by atoms with van der Waals surface area (Å²) in [6, 6.07) is 7.84. The van der Waals surface area contributed by atoms with Gasteiger partial charge in [-0.25, -0.2) is 9.59 Å². The van der Waals surface area contributed by atoms with E-state index in [1.807, 2.05) is 32.0 Å². The number of ether oxygens (including phenoxy) is 3. The monoisotopic (exact) mass is 607 g/mol. The van der Waals surface area contributed by atoms with E-state index in [-0.39, 0.29) is 45.0 Å². The normalized spacial score (nSPS) is 20.7. The molecule has 0 radical (unpaired) electrons. The molecule has 0 aliphatic carbocycles. The van der Waals surface area contributed by atoms with Gasteiger partial charge < -0.3 is 19.5 Å². The highest BCUT2D eigenvalue weighted by Crippen LogP contribution is 2.32. The van der Waals surface area contributed by atoms with Crippen LogP contribution < -0.4 is 5.32 Å². The van der Waals surface area contributed by atoms with Gasteiger partial charge in [-0.15, -0.1) is 4.48 Å². The Balaban J connectivity index is 2.45. The molecule has 1 saturated heterocycles. The number of hydrogen-bond acceptors (Lipinski definition) is 8. The van der Waals surface area contributed by atoms with Crippen molar-refractivity contribution < 1.29 is 37.9 Å². The number of imide groups is 1. The highest BCUT2D eigenvalue weighted by atomic mass is 35.6. The quantitative estimate of drug-likeness (QED) is 0.182. The Bertz CT molecular complexity index is 1010. The van der Waals surface area contributed by atoms with Crippen LogP contribution in [0.2, 0.25) is 0 Å². The number of benzene rings is 1. The molecule has 1 aliphatic heterocycles. The predicted molar refractivity (Wildman–Crippen MR) is 148 cm³/mol. The third-order valence-electron chi connectivity index (χ3n) is 6.03. The maximum absolute atomic E-state index is 14.4. The largest absolute Gasteiger partial charge is 0.524 e. The molecule has 2 rings (SSSR count). The molecule has 0 saturated carbocycles. The predicted octanol–water partition coefficient (Wildman–Crippen LogP) is 4.95. The lowest BCUT2D eigenvalue weighted by Gasteiger charge is -2.43. The van der Waals surface area contributed by atoms with Gasteiger partial charge in [0.25, 0.3) is 0 Å². The summed E-state index contributed by atoms with van der Waals surface area (Å²) < 4.78 is 13.6. The van der Waals surface area contributed by atoms with Crippen LogP contribution in [0.1, 0.15) is 53.0 Å². The maximum atomic E-state index is 14.4. The van der Waals surface area contributed by atoms with Crippen molar-refractivity contribution in [3.05, 3.63) is 35.9 Å². The smallest absolute Gasteiger partial charge is 0.461 e. The minimum atomic E-state index is -1.82. The van der Waals surface area contributed by atoms with Crippen LogP contribution in [0.15, 0.2) is 30.3 Å². The van der Waals surface area contributed by atoms with Crippen molar-refractivity contribution in [1.29, 1.82) is 0 Å². The van der Waals surface area contributed by atoms with E-state index in [4.69, 9.17) is 49.0 Å². The standard InChI is InChI=1S/C27H38Cl3N2O7/c1-18(2)13-20(14-22(33)38-17-27(28,29)30)23(34)32(25(36)39-26(3,4)5)12-11-31-15-21(32)24(35)37-16-19-9-7-6-8-10-19/h6-10,18,20-21,31H,11-17H2,1-5H3/q+1/t20-,21?,32-/m1/s1. The van der Waals surface area contributed by atoms with E-state index in [0.29, 0.717) is 0 Å². The van der Waals surface area contributed by atoms with Crippen molar-refractivity contribution in [3.63, 3.8) is 0 Å². The molecule has 1 N–H and O–H groups in total. The molecule has 39 heavy (non-hydrogen) atoms. The second-order valence-electron chi connectivity index (χ2n) is 11.0. The molecular formula is C27H38Cl3N2O7+. The van der Waals surface area contributed by atoms with E-state index in [1.165, 1.54) is 0 Å². The average molecular weight is 609 g/mol. The molecule has 0 spiro atoms. The van der Waals surface area contributed by atoms with Crippen LogP contribution in [0.25, 0.3) is 0 Å². The Morgan fingerprint density at radius 1 is 1.05 bits per heavy atom. The van der Waals surface area contributed by atoms with Gasteiger partial charge in [-0.1, -0.05) is 79.0 Å². The van der Waals surface area contributed by atoms with E-state index in [2.05, 4.69) is 5.32 Å². The summed E-state index contributed by atoms with van der Waals surface area (Å²) in [4.78, 5) is 54.3. The number of alkyl halides is 3. The van der Waals surface area contributed by atoms with Crippen LogP contribution in [0.4, 0.5) is 4.79 Å². The summed E-state index contributed by atoms with van der Waals surface area (Å²) in [6.45, 7) is 8.48. The first-order valence-electron chi connectivity index (χ1n) is 12.8. The Morgan fingerprint density at radius 2 is 1.69 bits per heavy atom. The molecule has 3 atom stereocenters. The van der Waals surface area contributed by atoms with Crippen LogP contribution in [0, 0.1) is 11.8 Å². The average Bonchev–Trinajstić information content (AvgIpc) is 2.84. The molecule has 1 heterocycles. The molecule has 0 aromatic heterocycles. The zero-order valence-corrected chi connectivity index (χ0v) is 25.3. The van der Waals surface area contributed by atoms with Crippen LogP contribution in [-0.2, 0) is 35.2 Å². The Hall–Kier alpha value is -1.91. The summed E-state index contributed by atoms with van der Waals surface area (Å²) in [5.74, 6) is -3.10. The second-order valence-corrected chi connectivity index (χ2v) is 13.5. The Kier molecular flexibility index (Phi) is 12.1. The van der Waals surface area contributed by atoms with Crippen molar-refractivity contribution in [2.75, 3.05) is 26.2 Å². The number of quaternary nitrogens is 1. The first-order valence-corrected chi connectivity index (χ1v) is 14.0. The van der Waals surface area contributed by atoms with Crippen molar-refractivity contribution in [3.8, 4) is 0 Å². The maximum Gasteiger partial charge on any atom is 0.524 e. The molecular weight excluding hydrogens is 571 g/mol. The molecule has 1 aromatic carbocycles. The summed E-state index contributed by atoms with van der Waals surface area (Å²) in [7, 11) is 0. The molecule has 1 aromatic rings. The lowest BCUT2D eigenvalue weighted by molar-refractivity contribution is -0.806. The van der Waals surface area contributed by atoms with E-state index < -0.39 is 56.4 Å². The fraction of sp³-hybridized carbons (Fsp3) is 0.630. The number of carbonyl (C=O) groups is 4. The van der Waals surface area contributed by atoms with Gasteiger partial charge in [0.05, 0.1) is 18.9 Å². The second kappa shape index (κ2) is 14.1. The molecule has 2 amide bonds. The molecule has 0 bridgehead atoms. The fourth-order valence-electron chi connectivity index (χ4n) is 4.40. The fourth-order valence-corrected chi connectivity index (χ4v) is 4.56. The molecule has 218 valence electrons. The third kappa shape index (κ3) is 10.2. The molecule has 1 unspecified atom stereocenters. The number of hydrogen-bond donors (Lipinski definition) is 1. The van der Waals surface area contributed by atoms with Crippen LogP contribution >= 0.6 is 34.8 Å². The lowest BCUT2D eigenvalue weighted by atomic mass is 9.90. The van der Waals surface area contributed by atoms with Gasteiger partial charge in [0.1, 0.15) is 25.4 Å². The van der Waals surface area contributed by atoms with Gasteiger partial charge in [0, 0.05) is 6.54 Å². The zero-order valence-electron chi connectivity index (χ0n) is 23.0. The minimum Gasteiger partial charge on any atom is -0.461 e. The number of nitrogens with zero attached hydrogens (tertiary/aromatic N) is 1. The van der Waals surface area contributed by atoms with Crippen LogP contribution in [-0.4, -0.2) is 70.1 Å². The van der Waals surface area contributed by atoms with Gasteiger partial charge in [0.15, 0.2) is 0 Å². The summed E-state index contributed by atoms with van der Waals surface area (Å²) in [5.41, 5.74) is -0.186. The van der Waals surface area contributed by atoms with Crippen molar-refractivity contribution in [2.24, 2.45) is 11.8 Å². The Labute approximate surface area is 245 Å². The number of nitrogens with one attached hydrogen (secondary N) is 1. The van der Waals surface area contributed by atoms with Crippen LogP contribution in [0.3, 0.4) is 0 Å². The summed E-state index contributed by atoms with van der Waals surface area (Å²) >= 11 is 17.1. The zero-order chi connectivity index (χ0) is 29.4. The van der Waals surface area contributed by atoms with Gasteiger partial charge in [-0.05, 0) is 38.7 Å². The topological polar surface area (TPSA) is 108 Å². The number of amides is 2.